The highest BCUT2D eigenvalue weighted by atomic mass is 32.2. The lowest BCUT2D eigenvalue weighted by Crippen LogP contribution is -2.26. The quantitative estimate of drug-likeness (QED) is 0.808. The van der Waals surface area contributed by atoms with Crippen molar-refractivity contribution < 1.29 is 0 Å². The molecule has 1 unspecified atom stereocenters. The highest BCUT2D eigenvalue weighted by Crippen LogP contribution is 2.28. The smallest absolute Gasteiger partial charge is 0.0378 e. The second kappa shape index (κ2) is 7.21. The molecule has 0 saturated heterocycles. The van der Waals surface area contributed by atoms with E-state index in [4.69, 9.17) is 0 Å². The summed E-state index contributed by atoms with van der Waals surface area (Å²) in [4.78, 5) is 5.55. The van der Waals surface area contributed by atoms with Crippen LogP contribution in [0.2, 0.25) is 0 Å². The first-order valence-electron chi connectivity index (χ1n) is 8.05. The van der Waals surface area contributed by atoms with E-state index in [9.17, 15) is 0 Å². The topological polar surface area (TPSA) is 24.9 Å². The van der Waals surface area contributed by atoms with E-state index in [1.165, 1.54) is 48.1 Å². The van der Waals surface area contributed by atoms with Gasteiger partial charge < -0.3 is 0 Å². The molecule has 1 heterocycles. The zero-order valence-electron chi connectivity index (χ0n) is 13.2. The summed E-state index contributed by atoms with van der Waals surface area (Å²) in [7, 11) is -0.112. The lowest BCUT2D eigenvalue weighted by atomic mass is 9.96. The summed E-state index contributed by atoms with van der Waals surface area (Å²) in [6.07, 6.45) is 8.57. The number of hydrogen-bond acceptors (Lipinski definition) is 2. The molecule has 22 heavy (non-hydrogen) atoms. The highest BCUT2D eigenvalue weighted by Gasteiger charge is 2.13. The second-order valence-corrected chi connectivity index (χ2v) is 7.54. The Labute approximate surface area is 136 Å². The Hall–Kier alpha value is -1.45. The van der Waals surface area contributed by atoms with Crippen LogP contribution in [-0.2, 0) is 0 Å². The van der Waals surface area contributed by atoms with Crippen LogP contribution in [0.4, 0.5) is 0 Å². The fourth-order valence-corrected chi connectivity index (χ4v) is 4.27. The van der Waals surface area contributed by atoms with Crippen molar-refractivity contribution in [2.24, 2.45) is 0 Å². The van der Waals surface area contributed by atoms with Crippen molar-refractivity contribution in [3.8, 4) is 11.1 Å². The number of hydrogen-bond donors (Lipinski definition) is 1. The van der Waals surface area contributed by atoms with Gasteiger partial charge in [0.15, 0.2) is 0 Å². The van der Waals surface area contributed by atoms with Gasteiger partial charge in [-0.2, -0.15) is 0 Å². The Bertz CT molecular complexity index is 643. The van der Waals surface area contributed by atoms with E-state index in [-0.39, 0.29) is 10.7 Å². The van der Waals surface area contributed by atoms with Crippen LogP contribution in [0.15, 0.2) is 47.5 Å². The molecule has 1 N–H and O–H groups in total. The number of pyridine rings is 1. The molecule has 1 aromatic heterocycles. The lowest BCUT2D eigenvalue weighted by molar-refractivity contribution is 0.423. The van der Waals surface area contributed by atoms with Crippen LogP contribution in [0, 0.1) is 6.92 Å². The zero-order valence-corrected chi connectivity index (χ0v) is 14.0. The fourth-order valence-electron chi connectivity index (χ4n) is 3.03. The fraction of sp³-hybridized carbons (Fsp3) is 0.368. The van der Waals surface area contributed by atoms with Gasteiger partial charge in [0.2, 0.25) is 0 Å². The SMILES string of the molecule is C=S(NC1CCCCC1)c1ccc(-c2ccnc(C)c2)cc1. The van der Waals surface area contributed by atoms with Gasteiger partial charge in [-0.3, -0.25) is 9.71 Å². The zero-order chi connectivity index (χ0) is 15.4. The summed E-state index contributed by atoms with van der Waals surface area (Å²) in [5.74, 6) is 4.33. The molecular weight excluding hydrogens is 288 g/mol. The molecule has 0 amide bonds. The van der Waals surface area contributed by atoms with E-state index in [2.05, 4.69) is 52.0 Å². The third-order valence-corrected chi connectivity index (χ3v) is 5.74. The predicted molar refractivity (Wildman–Crippen MR) is 97.4 cm³/mol. The Kier molecular flexibility index (Phi) is 5.06. The molecule has 0 aliphatic heterocycles. The van der Waals surface area contributed by atoms with Crippen LogP contribution in [-0.4, -0.2) is 16.9 Å². The highest BCUT2D eigenvalue weighted by molar-refractivity contribution is 8.12. The van der Waals surface area contributed by atoms with Gasteiger partial charge in [-0.05, 0) is 55.2 Å². The first-order valence-corrected chi connectivity index (χ1v) is 9.45. The van der Waals surface area contributed by atoms with Crippen molar-refractivity contribution in [1.82, 2.24) is 9.71 Å². The standard InChI is InChI=1S/C19H24N2S/c1-15-14-17(12-13-20-15)16-8-10-19(11-9-16)22(2)21-18-6-4-3-5-7-18/h8-14,18,21H,2-7H2,1H3. The number of rotatable bonds is 4. The average molecular weight is 312 g/mol. The monoisotopic (exact) mass is 312 g/mol. The summed E-state index contributed by atoms with van der Waals surface area (Å²) < 4.78 is 3.71. The molecule has 3 heteroatoms. The van der Waals surface area contributed by atoms with Crippen molar-refractivity contribution >= 4 is 16.5 Å². The van der Waals surface area contributed by atoms with Gasteiger partial charge in [0.1, 0.15) is 0 Å². The molecule has 1 aromatic carbocycles. The van der Waals surface area contributed by atoms with Crippen molar-refractivity contribution in [2.45, 2.75) is 50.0 Å². The molecule has 2 aromatic rings. The summed E-state index contributed by atoms with van der Waals surface area (Å²) in [5.41, 5.74) is 3.52. The molecule has 3 rings (SSSR count). The van der Waals surface area contributed by atoms with Crippen LogP contribution >= 0.6 is 10.7 Å². The summed E-state index contributed by atoms with van der Waals surface area (Å²) in [6, 6.07) is 13.6. The van der Waals surface area contributed by atoms with Crippen molar-refractivity contribution in [3.63, 3.8) is 0 Å². The Morgan fingerprint density at radius 3 is 2.45 bits per heavy atom. The molecule has 2 nitrogen and oxygen atoms in total. The number of nitrogens with zero attached hydrogens (tertiary/aromatic N) is 1. The summed E-state index contributed by atoms with van der Waals surface area (Å²) in [5, 5.41) is 0. The average Bonchev–Trinajstić information content (AvgIpc) is 2.56. The second-order valence-electron chi connectivity index (χ2n) is 6.05. The molecule has 1 saturated carbocycles. The molecule has 1 atom stereocenters. The van der Waals surface area contributed by atoms with E-state index < -0.39 is 0 Å². The van der Waals surface area contributed by atoms with E-state index in [0.717, 1.165) is 5.69 Å². The molecule has 1 aliphatic rings. The largest absolute Gasteiger partial charge is 0.263 e. The summed E-state index contributed by atoms with van der Waals surface area (Å²) >= 11 is 0. The maximum atomic E-state index is 4.33. The number of nitrogens with one attached hydrogen (secondary N) is 1. The normalized spacial score (nSPS) is 17.3. The van der Waals surface area contributed by atoms with Gasteiger partial charge in [0.05, 0.1) is 0 Å². The molecule has 1 aliphatic carbocycles. The Balaban J connectivity index is 1.69. The van der Waals surface area contributed by atoms with Crippen LogP contribution in [0.1, 0.15) is 37.8 Å². The minimum absolute atomic E-state index is 0.112. The van der Waals surface area contributed by atoms with E-state index >= 15 is 0 Å². The van der Waals surface area contributed by atoms with Crippen molar-refractivity contribution in [2.75, 3.05) is 0 Å². The van der Waals surface area contributed by atoms with Crippen LogP contribution < -0.4 is 4.72 Å². The van der Waals surface area contributed by atoms with Gasteiger partial charge in [-0.25, -0.2) is 0 Å². The molecule has 1 fully saturated rings. The molecular formula is C19H24N2S. The third-order valence-electron chi connectivity index (χ3n) is 4.28. The van der Waals surface area contributed by atoms with Crippen LogP contribution in [0.25, 0.3) is 11.1 Å². The van der Waals surface area contributed by atoms with Crippen LogP contribution in [0.3, 0.4) is 0 Å². The maximum absolute atomic E-state index is 4.33. The Morgan fingerprint density at radius 1 is 1.05 bits per heavy atom. The van der Waals surface area contributed by atoms with E-state index in [1.807, 2.05) is 13.1 Å². The minimum Gasteiger partial charge on any atom is -0.263 e. The first-order chi connectivity index (χ1) is 10.7. The summed E-state index contributed by atoms with van der Waals surface area (Å²) in [6.45, 7) is 2.03. The Morgan fingerprint density at radius 2 is 1.77 bits per heavy atom. The molecule has 116 valence electrons. The third kappa shape index (κ3) is 3.84. The first kappa shape index (κ1) is 15.4. The van der Waals surface area contributed by atoms with Gasteiger partial charge in [-0.1, -0.05) is 47.9 Å². The van der Waals surface area contributed by atoms with Crippen LogP contribution in [0.5, 0.6) is 0 Å². The van der Waals surface area contributed by atoms with Crippen molar-refractivity contribution in [3.05, 3.63) is 48.3 Å². The molecule has 0 radical (unpaired) electrons. The number of aromatic nitrogens is 1. The van der Waals surface area contributed by atoms with Gasteiger partial charge in [0.25, 0.3) is 0 Å². The minimum atomic E-state index is -0.112. The van der Waals surface area contributed by atoms with E-state index in [1.54, 1.807) is 0 Å². The van der Waals surface area contributed by atoms with E-state index in [0.29, 0.717) is 6.04 Å². The number of aryl methyl sites for hydroxylation is 1. The molecule has 0 bridgehead atoms. The van der Waals surface area contributed by atoms with Gasteiger partial charge in [0, 0.05) is 22.8 Å². The molecule has 0 spiro atoms. The van der Waals surface area contributed by atoms with Crippen molar-refractivity contribution in [1.29, 1.82) is 0 Å². The number of benzene rings is 1. The maximum Gasteiger partial charge on any atom is 0.0378 e. The van der Waals surface area contributed by atoms with Gasteiger partial charge >= 0.3 is 0 Å². The predicted octanol–water partition coefficient (Wildman–Crippen LogP) is 4.95. The van der Waals surface area contributed by atoms with Gasteiger partial charge in [-0.15, -0.1) is 0 Å². The lowest BCUT2D eigenvalue weighted by Gasteiger charge is -2.24.